The van der Waals surface area contributed by atoms with Gasteiger partial charge in [-0.15, -0.1) is 0 Å². The molecule has 0 spiro atoms. The van der Waals surface area contributed by atoms with Gasteiger partial charge in [-0.3, -0.25) is 4.98 Å². The maximum absolute atomic E-state index is 11.8. The van der Waals surface area contributed by atoms with E-state index >= 15 is 0 Å². The Morgan fingerprint density at radius 2 is 2.18 bits per heavy atom. The first-order chi connectivity index (χ1) is 8.02. The van der Waals surface area contributed by atoms with Crippen molar-refractivity contribution < 1.29 is 9.53 Å². The lowest BCUT2D eigenvalue weighted by Gasteiger charge is -2.15. The number of hydrogen-bond donors (Lipinski definition) is 1. The van der Waals surface area contributed by atoms with E-state index in [0.29, 0.717) is 23.7 Å². The van der Waals surface area contributed by atoms with Gasteiger partial charge < -0.3 is 10.5 Å². The summed E-state index contributed by atoms with van der Waals surface area (Å²) in [6.07, 6.45) is 2.36. The minimum Gasteiger partial charge on any atom is -0.459 e. The predicted molar refractivity (Wildman–Crippen MR) is 66.5 cm³/mol. The highest BCUT2D eigenvalue weighted by molar-refractivity contribution is 5.89. The Hall–Kier alpha value is -1.42. The van der Waals surface area contributed by atoms with Gasteiger partial charge in [0.2, 0.25) is 0 Å². The van der Waals surface area contributed by atoms with Crippen molar-refractivity contribution in [2.75, 3.05) is 0 Å². The van der Waals surface area contributed by atoms with Crippen molar-refractivity contribution >= 4 is 5.97 Å². The first kappa shape index (κ1) is 13.6. The van der Waals surface area contributed by atoms with Crippen LogP contribution >= 0.6 is 0 Å². The quantitative estimate of drug-likeness (QED) is 0.795. The fourth-order valence-electron chi connectivity index (χ4n) is 1.68. The molecule has 1 heterocycles. The number of esters is 1. The number of aromatic nitrogens is 1. The van der Waals surface area contributed by atoms with Crippen LogP contribution in [0.1, 0.15) is 43.2 Å². The molecule has 0 aromatic carbocycles. The van der Waals surface area contributed by atoms with E-state index in [1.807, 2.05) is 6.92 Å². The molecule has 4 nitrogen and oxygen atoms in total. The molecule has 0 bridgehead atoms. The molecule has 0 saturated carbocycles. The summed E-state index contributed by atoms with van der Waals surface area (Å²) in [5.74, 6) is 0.199. The normalized spacial score (nSPS) is 12.5. The van der Waals surface area contributed by atoms with Crippen LogP contribution in [0, 0.1) is 5.92 Å². The van der Waals surface area contributed by atoms with Crippen LogP contribution < -0.4 is 5.73 Å². The molecule has 1 atom stereocenters. The predicted octanol–water partition coefficient (Wildman–Crippen LogP) is 2.13. The lowest BCUT2D eigenvalue weighted by atomic mass is 10.1. The minimum atomic E-state index is -0.310. The Morgan fingerprint density at radius 3 is 2.76 bits per heavy atom. The van der Waals surface area contributed by atoms with E-state index in [1.165, 1.54) is 0 Å². The second-order valence-corrected chi connectivity index (χ2v) is 4.59. The average molecular weight is 236 g/mol. The molecule has 1 rings (SSSR count). The molecule has 17 heavy (non-hydrogen) atoms. The number of nitrogens with zero attached hydrogens (tertiary/aromatic N) is 1. The van der Waals surface area contributed by atoms with Gasteiger partial charge in [0.25, 0.3) is 0 Å². The van der Waals surface area contributed by atoms with Gasteiger partial charge in [0.15, 0.2) is 0 Å². The smallest absolute Gasteiger partial charge is 0.338 e. The van der Waals surface area contributed by atoms with E-state index in [4.69, 9.17) is 10.5 Å². The number of rotatable bonds is 5. The van der Waals surface area contributed by atoms with E-state index in [1.54, 1.807) is 18.3 Å². The van der Waals surface area contributed by atoms with Crippen molar-refractivity contribution in [1.29, 1.82) is 0 Å². The highest BCUT2D eigenvalue weighted by Crippen LogP contribution is 2.11. The number of pyridine rings is 1. The van der Waals surface area contributed by atoms with Gasteiger partial charge in [-0.25, -0.2) is 4.79 Å². The molecule has 94 valence electrons. The molecule has 1 aromatic rings. The second-order valence-electron chi connectivity index (χ2n) is 4.59. The van der Waals surface area contributed by atoms with Crippen molar-refractivity contribution in [2.24, 2.45) is 11.7 Å². The van der Waals surface area contributed by atoms with Crippen molar-refractivity contribution in [3.8, 4) is 0 Å². The highest BCUT2D eigenvalue weighted by atomic mass is 16.5. The average Bonchev–Trinajstić information content (AvgIpc) is 2.27. The molecule has 0 aliphatic rings. The van der Waals surface area contributed by atoms with Crippen molar-refractivity contribution in [1.82, 2.24) is 4.98 Å². The van der Waals surface area contributed by atoms with E-state index in [-0.39, 0.29) is 12.1 Å². The van der Waals surface area contributed by atoms with E-state index < -0.39 is 0 Å². The first-order valence-electron chi connectivity index (χ1n) is 5.89. The fraction of sp³-hybridized carbons (Fsp3) is 0.538. The van der Waals surface area contributed by atoms with Gasteiger partial charge in [0.05, 0.1) is 17.4 Å². The molecule has 1 unspecified atom stereocenters. The number of nitrogens with two attached hydrogens (primary N) is 1. The Kier molecular flexibility index (Phi) is 5.10. The van der Waals surface area contributed by atoms with Gasteiger partial charge >= 0.3 is 5.97 Å². The summed E-state index contributed by atoms with van der Waals surface area (Å²) in [6, 6.07) is 3.31. The summed E-state index contributed by atoms with van der Waals surface area (Å²) in [6.45, 7) is 6.43. The van der Waals surface area contributed by atoms with Gasteiger partial charge in [0, 0.05) is 12.7 Å². The standard InChI is InChI=1S/C13H20N2O2/c1-9(2)6-10(3)17-13(16)11-4-5-15-12(7-11)8-14/h4-5,7,9-10H,6,8,14H2,1-3H3. The Balaban J connectivity index is 2.63. The monoisotopic (exact) mass is 236 g/mol. The van der Waals surface area contributed by atoms with E-state index in [2.05, 4.69) is 18.8 Å². The molecule has 0 amide bonds. The zero-order chi connectivity index (χ0) is 12.8. The molecule has 0 fully saturated rings. The largest absolute Gasteiger partial charge is 0.459 e. The Bertz CT molecular complexity index is 377. The molecule has 0 aliphatic carbocycles. The van der Waals surface area contributed by atoms with Crippen LogP contribution in [0.4, 0.5) is 0 Å². The third kappa shape index (κ3) is 4.53. The molecule has 2 N–H and O–H groups in total. The van der Waals surface area contributed by atoms with Crippen molar-refractivity contribution in [3.05, 3.63) is 29.6 Å². The van der Waals surface area contributed by atoms with Crippen molar-refractivity contribution in [3.63, 3.8) is 0 Å². The molecule has 0 aliphatic heterocycles. The molecule has 0 radical (unpaired) electrons. The highest BCUT2D eigenvalue weighted by Gasteiger charge is 2.13. The maximum atomic E-state index is 11.8. The van der Waals surface area contributed by atoms with Crippen LogP contribution in [0.5, 0.6) is 0 Å². The van der Waals surface area contributed by atoms with Crippen LogP contribution in [0.25, 0.3) is 0 Å². The SMILES string of the molecule is CC(C)CC(C)OC(=O)c1ccnc(CN)c1. The third-order valence-corrected chi connectivity index (χ3v) is 2.37. The summed E-state index contributed by atoms with van der Waals surface area (Å²) in [5, 5.41) is 0. The first-order valence-corrected chi connectivity index (χ1v) is 5.89. The molecular weight excluding hydrogens is 216 g/mol. The number of carbonyl (C=O) groups excluding carboxylic acids is 1. The van der Waals surface area contributed by atoms with Crippen LogP contribution in [0.2, 0.25) is 0 Å². The zero-order valence-corrected chi connectivity index (χ0v) is 10.6. The summed E-state index contributed by atoms with van der Waals surface area (Å²) >= 11 is 0. The van der Waals surface area contributed by atoms with Crippen LogP contribution in [-0.2, 0) is 11.3 Å². The molecule has 1 aromatic heterocycles. The van der Waals surface area contributed by atoms with Crippen LogP contribution in [0.3, 0.4) is 0 Å². The summed E-state index contributed by atoms with van der Waals surface area (Å²) in [4.78, 5) is 15.8. The number of ether oxygens (including phenoxy) is 1. The molecular formula is C13H20N2O2. The second kappa shape index (κ2) is 6.35. The topological polar surface area (TPSA) is 65.2 Å². The van der Waals surface area contributed by atoms with Crippen LogP contribution in [0.15, 0.2) is 18.3 Å². The van der Waals surface area contributed by atoms with Gasteiger partial charge in [-0.1, -0.05) is 13.8 Å². The minimum absolute atomic E-state index is 0.0722. The zero-order valence-electron chi connectivity index (χ0n) is 10.6. The van der Waals surface area contributed by atoms with Crippen LogP contribution in [-0.4, -0.2) is 17.1 Å². The molecule has 0 saturated heterocycles. The molecule has 4 heteroatoms. The summed E-state index contributed by atoms with van der Waals surface area (Å²) in [7, 11) is 0. The Morgan fingerprint density at radius 1 is 1.47 bits per heavy atom. The Labute approximate surface area is 102 Å². The van der Waals surface area contributed by atoms with Gasteiger partial charge in [0.1, 0.15) is 0 Å². The van der Waals surface area contributed by atoms with Gasteiger partial charge in [-0.05, 0) is 31.4 Å². The lowest BCUT2D eigenvalue weighted by Crippen LogP contribution is -2.17. The fourth-order valence-corrected chi connectivity index (χ4v) is 1.68. The number of carbonyl (C=O) groups is 1. The third-order valence-electron chi connectivity index (χ3n) is 2.37. The maximum Gasteiger partial charge on any atom is 0.338 e. The van der Waals surface area contributed by atoms with E-state index in [9.17, 15) is 4.79 Å². The number of hydrogen-bond acceptors (Lipinski definition) is 4. The van der Waals surface area contributed by atoms with E-state index in [0.717, 1.165) is 6.42 Å². The summed E-state index contributed by atoms with van der Waals surface area (Å²) in [5.41, 5.74) is 6.67. The van der Waals surface area contributed by atoms with Gasteiger partial charge in [-0.2, -0.15) is 0 Å². The lowest BCUT2D eigenvalue weighted by molar-refractivity contribution is 0.0299. The van der Waals surface area contributed by atoms with Crippen molar-refractivity contribution in [2.45, 2.75) is 39.8 Å². The summed E-state index contributed by atoms with van der Waals surface area (Å²) < 4.78 is 5.34.